The van der Waals surface area contributed by atoms with Crippen molar-refractivity contribution >= 4 is 28.8 Å². The van der Waals surface area contributed by atoms with Crippen molar-refractivity contribution in [1.82, 2.24) is 4.98 Å². The second-order valence-electron chi connectivity index (χ2n) is 9.47. The maximum absolute atomic E-state index is 14.2. The standard InChI is InChI=1S/C27H24F3N5O/c1-18-26(25(36)35(32-18)21-7-3-2-4-8-21)16-19-15-20(27(28,29)30)10-11-22(19)34-14-13-33(17-23(26)34)24-9-5-6-12-31-24/h2-12,15,23H,13-14,16-17H2,1H3. The van der Waals surface area contributed by atoms with E-state index < -0.39 is 17.2 Å². The van der Waals surface area contributed by atoms with Crippen molar-refractivity contribution < 1.29 is 18.0 Å². The van der Waals surface area contributed by atoms with Gasteiger partial charge in [0.2, 0.25) is 0 Å². The molecule has 2 atom stereocenters. The summed E-state index contributed by atoms with van der Waals surface area (Å²) >= 11 is 0. The first-order valence-electron chi connectivity index (χ1n) is 11.9. The molecule has 36 heavy (non-hydrogen) atoms. The number of carbonyl (C=O) groups is 1. The number of nitrogens with zero attached hydrogens (tertiary/aromatic N) is 5. The Hall–Kier alpha value is -3.88. The maximum Gasteiger partial charge on any atom is 0.416 e. The van der Waals surface area contributed by atoms with Crippen LogP contribution in [0.15, 0.2) is 78.0 Å². The molecule has 0 saturated carbocycles. The number of para-hydroxylation sites is 1. The van der Waals surface area contributed by atoms with E-state index in [0.29, 0.717) is 36.6 Å². The minimum Gasteiger partial charge on any atom is -0.363 e. The van der Waals surface area contributed by atoms with Gasteiger partial charge >= 0.3 is 6.18 Å². The molecule has 1 saturated heterocycles. The summed E-state index contributed by atoms with van der Waals surface area (Å²) in [6.45, 7) is 3.50. The molecule has 6 rings (SSSR count). The SMILES string of the molecule is CC1=NN(c2ccccc2)C(=O)C12Cc1cc(C(F)(F)F)ccc1N1CCN(c3ccccn3)CC12. The molecule has 0 N–H and O–H groups in total. The van der Waals surface area contributed by atoms with E-state index in [9.17, 15) is 18.0 Å². The monoisotopic (exact) mass is 491 g/mol. The molecular formula is C27H24F3N5O. The minimum atomic E-state index is -4.46. The lowest BCUT2D eigenvalue weighted by Gasteiger charge is -2.53. The van der Waals surface area contributed by atoms with Crippen LogP contribution in [-0.2, 0) is 17.4 Å². The van der Waals surface area contributed by atoms with Gasteiger partial charge in [-0.15, -0.1) is 0 Å². The van der Waals surface area contributed by atoms with Crippen LogP contribution in [0.4, 0.5) is 30.4 Å². The van der Waals surface area contributed by atoms with Gasteiger partial charge in [0.05, 0.1) is 23.0 Å². The summed E-state index contributed by atoms with van der Waals surface area (Å²) in [5.41, 5.74) is 0.709. The van der Waals surface area contributed by atoms with Crippen LogP contribution in [0.3, 0.4) is 0 Å². The third kappa shape index (κ3) is 3.37. The van der Waals surface area contributed by atoms with Gasteiger partial charge in [0, 0.05) is 31.5 Å². The van der Waals surface area contributed by atoms with E-state index in [4.69, 9.17) is 0 Å². The summed E-state index contributed by atoms with van der Waals surface area (Å²) in [6, 6.07) is 18.4. The zero-order valence-electron chi connectivity index (χ0n) is 19.6. The van der Waals surface area contributed by atoms with Gasteiger partial charge in [-0.05, 0) is 61.4 Å². The van der Waals surface area contributed by atoms with Crippen molar-refractivity contribution in [3.05, 3.63) is 84.1 Å². The summed E-state index contributed by atoms with van der Waals surface area (Å²) in [4.78, 5) is 23.0. The predicted molar refractivity (Wildman–Crippen MR) is 132 cm³/mol. The first-order chi connectivity index (χ1) is 17.3. The number of pyridine rings is 1. The zero-order chi connectivity index (χ0) is 25.1. The van der Waals surface area contributed by atoms with E-state index in [1.54, 1.807) is 12.3 Å². The molecule has 0 radical (unpaired) electrons. The third-order valence-corrected chi connectivity index (χ3v) is 7.58. The van der Waals surface area contributed by atoms with E-state index in [1.807, 2.05) is 55.5 Å². The van der Waals surface area contributed by atoms with Crippen molar-refractivity contribution in [3.8, 4) is 0 Å². The second kappa shape index (κ2) is 8.08. The molecule has 1 amide bonds. The van der Waals surface area contributed by atoms with Gasteiger partial charge in [0.25, 0.3) is 5.91 Å². The molecule has 1 fully saturated rings. The number of alkyl halides is 3. The first-order valence-corrected chi connectivity index (χ1v) is 11.9. The lowest BCUT2D eigenvalue weighted by molar-refractivity contribution is -0.137. The Balaban J connectivity index is 1.48. The van der Waals surface area contributed by atoms with Crippen LogP contribution in [0, 0.1) is 5.41 Å². The van der Waals surface area contributed by atoms with Crippen molar-refractivity contribution in [3.63, 3.8) is 0 Å². The molecule has 2 unspecified atom stereocenters. The Morgan fingerprint density at radius 1 is 1.00 bits per heavy atom. The topological polar surface area (TPSA) is 52.0 Å². The normalized spacial score (nSPS) is 23.6. The molecule has 1 aromatic heterocycles. The quantitative estimate of drug-likeness (QED) is 0.519. The highest BCUT2D eigenvalue weighted by atomic mass is 19.4. The summed E-state index contributed by atoms with van der Waals surface area (Å²) in [6.07, 6.45) is -2.58. The van der Waals surface area contributed by atoms with E-state index in [2.05, 4.69) is 19.9 Å². The van der Waals surface area contributed by atoms with E-state index in [-0.39, 0.29) is 18.4 Å². The highest BCUT2D eigenvalue weighted by molar-refractivity contribution is 6.20. The Morgan fingerprint density at radius 3 is 2.50 bits per heavy atom. The Morgan fingerprint density at radius 2 is 1.78 bits per heavy atom. The Labute approximate surface area is 206 Å². The molecule has 1 spiro atoms. The summed E-state index contributed by atoms with van der Waals surface area (Å²) in [7, 11) is 0. The molecule has 184 valence electrons. The fourth-order valence-corrected chi connectivity index (χ4v) is 5.80. The highest BCUT2D eigenvalue weighted by Crippen LogP contribution is 2.49. The summed E-state index contributed by atoms with van der Waals surface area (Å²) in [5, 5.41) is 6.08. The van der Waals surface area contributed by atoms with Gasteiger partial charge in [0.1, 0.15) is 11.2 Å². The Bertz CT molecular complexity index is 1340. The lowest BCUT2D eigenvalue weighted by Crippen LogP contribution is -2.67. The van der Waals surface area contributed by atoms with Crippen molar-refractivity contribution in [1.29, 1.82) is 0 Å². The smallest absolute Gasteiger partial charge is 0.363 e. The molecule has 0 bridgehead atoms. The largest absolute Gasteiger partial charge is 0.416 e. The zero-order valence-corrected chi connectivity index (χ0v) is 19.6. The number of rotatable bonds is 2. The number of amides is 1. The number of hydrogen-bond acceptors (Lipinski definition) is 5. The molecule has 2 aromatic carbocycles. The molecule has 3 aliphatic rings. The molecule has 6 nitrogen and oxygen atoms in total. The van der Waals surface area contributed by atoms with Crippen LogP contribution in [0.1, 0.15) is 18.1 Å². The van der Waals surface area contributed by atoms with Crippen LogP contribution in [0.2, 0.25) is 0 Å². The number of piperazine rings is 1. The average molecular weight is 492 g/mol. The first kappa shape index (κ1) is 22.6. The van der Waals surface area contributed by atoms with Crippen LogP contribution in [0.25, 0.3) is 0 Å². The van der Waals surface area contributed by atoms with Gasteiger partial charge < -0.3 is 9.80 Å². The van der Waals surface area contributed by atoms with Gasteiger partial charge in [-0.25, -0.2) is 4.98 Å². The molecule has 4 heterocycles. The molecule has 9 heteroatoms. The van der Waals surface area contributed by atoms with Crippen LogP contribution < -0.4 is 14.8 Å². The van der Waals surface area contributed by atoms with E-state index >= 15 is 0 Å². The predicted octanol–water partition coefficient (Wildman–Crippen LogP) is 4.76. The van der Waals surface area contributed by atoms with Crippen molar-refractivity contribution in [2.75, 3.05) is 34.4 Å². The van der Waals surface area contributed by atoms with Gasteiger partial charge in [-0.1, -0.05) is 24.3 Å². The van der Waals surface area contributed by atoms with E-state index in [0.717, 1.165) is 17.6 Å². The minimum absolute atomic E-state index is 0.154. The van der Waals surface area contributed by atoms with Crippen LogP contribution in [0.5, 0.6) is 0 Å². The molecule has 0 aliphatic carbocycles. The van der Waals surface area contributed by atoms with Crippen molar-refractivity contribution in [2.24, 2.45) is 10.5 Å². The summed E-state index contributed by atoms with van der Waals surface area (Å²) < 4.78 is 40.8. The van der Waals surface area contributed by atoms with Crippen molar-refractivity contribution in [2.45, 2.75) is 25.6 Å². The van der Waals surface area contributed by atoms with Crippen LogP contribution in [-0.4, -0.2) is 42.3 Å². The number of benzene rings is 2. The fourth-order valence-electron chi connectivity index (χ4n) is 5.80. The number of halogens is 3. The number of aromatic nitrogens is 1. The van der Waals surface area contributed by atoms with Gasteiger partial charge in [-0.3, -0.25) is 4.79 Å². The lowest BCUT2D eigenvalue weighted by atomic mass is 9.67. The van der Waals surface area contributed by atoms with E-state index in [1.165, 1.54) is 11.1 Å². The fraction of sp³-hybridized carbons (Fsp3) is 0.296. The van der Waals surface area contributed by atoms with Gasteiger partial charge in [-0.2, -0.15) is 23.3 Å². The number of fused-ring (bicyclic) bond motifs is 4. The highest BCUT2D eigenvalue weighted by Gasteiger charge is 2.60. The maximum atomic E-state index is 14.2. The molecule has 3 aromatic rings. The van der Waals surface area contributed by atoms with Gasteiger partial charge in [0.15, 0.2) is 0 Å². The average Bonchev–Trinajstić information content (AvgIpc) is 3.14. The van der Waals surface area contributed by atoms with Crippen LogP contribution >= 0.6 is 0 Å². The number of anilines is 3. The second-order valence-corrected chi connectivity index (χ2v) is 9.47. The number of carbonyl (C=O) groups excluding carboxylic acids is 1. The third-order valence-electron chi connectivity index (χ3n) is 7.58. The number of hydrazone groups is 1. The number of hydrogen-bond donors (Lipinski definition) is 0. The Kier molecular flexibility index (Phi) is 5.07. The summed E-state index contributed by atoms with van der Waals surface area (Å²) in [5.74, 6) is 0.595. The molecular weight excluding hydrogens is 467 g/mol. The molecule has 3 aliphatic heterocycles.